The number of hydrogen-bond donors (Lipinski definition) is 5. The molecule has 2 atom stereocenters. The van der Waals surface area contributed by atoms with E-state index in [1.807, 2.05) is 11.9 Å². The molecule has 164 valence electrons. The summed E-state index contributed by atoms with van der Waals surface area (Å²) < 4.78 is 0. The van der Waals surface area contributed by atoms with Crippen LogP contribution in [0.2, 0.25) is 0 Å². The Balaban J connectivity index is 1.58. The number of nitrogen functional groups attached to an aromatic ring is 1. The summed E-state index contributed by atoms with van der Waals surface area (Å²) in [5.41, 5.74) is 6.92. The fourth-order valence-electron chi connectivity index (χ4n) is 3.33. The maximum absolute atomic E-state index is 12.3. The van der Waals surface area contributed by atoms with Gasteiger partial charge in [-0.15, -0.1) is 0 Å². The first-order valence-corrected chi connectivity index (χ1v) is 9.83. The number of H-pyrrole nitrogens is 1. The first-order chi connectivity index (χ1) is 14.9. The van der Waals surface area contributed by atoms with Crippen molar-refractivity contribution in [3.05, 3.63) is 40.2 Å². The largest absolute Gasteiger partial charge is 0.383 e. The van der Waals surface area contributed by atoms with E-state index < -0.39 is 6.04 Å². The summed E-state index contributed by atoms with van der Waals surface area (Å²) in [4.78, 5) is 54.4. The van der Waals surface area contributed by atoms with Gasteiger partial charge in [-0.05, 0) is 30.7 Å². The minimum absolute atomic E-state index is 0.0202. The molecule has 1 unspecified atom stereocenters. The Kier molecular flexibility index (Phi) is 6.85. The summed E-state index contributed by atoms with van der Waals surface area (Å²) in [5, 5.41) is 9.01. The van der Waals surface area contributed by atoms with Gasteiger partial charge in [-0.1, -0.05) is 0 Å². The van der Waals surface area contributed by atoms with Crippen LogP contribution in [-0.4, -0.2) is 60.7 Å². The standard InChI is InChI=1S/C20H25N7O4/c1-27-15(10-23-17-16(27)19(31)26-20(21)25-17)9-22-13-6-4-12(5-7-13)18(30)24-14(11-29)3-2-8-28/h4-8,11,14-15,22H,2-3,9-10H2,1H3,(H,24,30)(H4,21,23,25,26,31)/t14?,15-/m0/s1. The molecule has 1 amide bonds. The Bertz CT molecular complexity index is 1010. The lowest BCUT2D eigenvalue weighted by Gasteiger charge is -2.35. The molecule has 2 aromatic rings. The van der Waals surface area contributed by atoms with Crippen molar-refractivity contribution in [1.29, 1.82) is 0 Å². The van der Waals surface area contributed by atoms with Crippen molar-refractivity contribution >= 4 is 41.6 Å². The van der Waals surface area contributed by atoms with Crippen LogP contribution in [0.1, 0.15) is 23.2 Å². The van der Waals surface area contributed by atoms with Crippen LogP contribution in [0.15, 0.2) is 29.1 Å². The zero-order chi connectivity index (χ0) is 22.4. The smallest absolute Gasteiger partial charge is 0.278 e. The van der Waals surface area contributed by atoms with Crippen LogP contribution in [0.5, 0.6) is 0 Å². The third-order valence-corrected chi connectivity index (χ3v) is 5.08. The zero-order valence-electron chi connectivity index (χ0n) is 17.1. The maximum atomic E-state index is 12.3. The number of nitrogens with zero attached hydrogens (tertiary/aromatic N) is 2. The number of aromatic nitrogens is 2. The lowest BCUT2D eigenvalue weighted by Crippen LogP contribution is -2.48. The molecular formula is C20H25N7O4. The van der Waals surface area contributed by atoms with E-state index in [1.54, 1.807) is 24.3 Å². The summed E-state index contributed by atoms with van der Waals surface area (Å²) >= 11 is 0. The van der Waals surface area contributed by atoms with Crippen molar-refractivity contribution in [3.63, 3.8) is 0 Å². The van der Waals surface area contributed by atoms with Crippen molar-refractivity contribution in [2.45, 2.75) is 24.9 Å². The van der Waals surface area contributed by atoms with Crippen LogP contribution < -0.4 is 32.1 Å². The summed E-state index contributed by atoms with van der Waals surface area (Å²) in [5.74, 6) is 0.138. The number of nitrogens with two attached hydrogens (primary N) is 1. The lowest BCUT2D eigenvalue weighted by atomic mass is 10.1. The van der Waals surface area contributed by atoms with Crippen LogP contribution in [0.3, 0.4) is 0 Å². The molecule has 0 radical (unpaired) electrons. The fraction of sp³-hybridized carbons (Fsp3) is 0.350. The molecule has 1 aliphatic heterocycles. The molecule has 1 aromatic heterocycles. The second kappa shape index (κ2) is 9.74. The van der Waals surface area contributed by atoms with Gasteiger partial charge in [0.05, 0.1) is 12.1 Å². The Morgan fingerprint density at radius 1 is 1.35 bits per heavy atom. The monoisotopic (exact) mass is 427 g/mol. The normalized spacial score (nSPS) is 15.9. The third kappa shape index (κ3) is 5.18. The van der Waals surface area contributed by atoms with Gasteiger partial charge in [0.25, 0.3) is 11.5 Å². The van der Waals surface area contributed by atoms with Gasteiger partial charge in [-0.25, -0.2) is 0 Å². The number of aromatic amines is 1. The average molecular weight is 427 g/mol. The number of carbonyl (C=O) groups excluding carboxylic acids is 3. The first kappa shape index (κ1) is 21.8. The van der Waals surface area contributed by atoms with E-state index in [0.29, 0.717) is 42.7 Å². The molecule has 0 saturated carbocycles. The van der Waals surface area contributed by atoms with E-state index in [4.69, 9.17) is 5.73 Å². The number of nitrogens with one attached hydrogen (secondary N) is 4. The molecule has 11 nitrogen and oxygen atoms in total. The van der Waals surface area contributed by atoms with Gasteiger partial charge in [0, 0.05) is 37.8 Å². The molecule has 1 aliphatic rings. The highest BCUT2D eigenvalue weighted by molar-refractivity contribution is 5.96. The number of amides is 1. The molecule has 11 heteroatoms. The van der Waals surface area contributed by atoms with Gasteiger partial charge in [-0.2, -0.15) is 4.98 Å². The van der Waals surface area contributed by atoms with Gasteiger partial charge >= 0.3 is 0 Å². The topological polar surface area (TPSA) is 162 Å². The Morgan fingerprint density at radius 2 is 2.10 bits per heavy atom. The minimum atomic E-state index is -0.694. The Labute approximate surface area is 178 Å². The Morgan fingerprint density at radius 3 is 2.77 bits per heavy atom. The number of hydrogen-bond acceptors (Lipinski definition) is 9. The first-order valence-electron chi connectivity index (χ1n) is 9.83. The number of carbonyl (C=O) groups is 3. The summed E-state index contributed by atoms with van der Waals surface area (Å²) in [7, 11) is 1.82. The average Bonchev–Trinajstić information content (AvgIpc) is 2.76. The number of fused-ring (bicyclic) bond motifs is 1. The maximum Gasteiger partial charge on any atom is 0.278 e. The van der Waals surface area contributed by atoms with Crippen molar-refractivity contribution in [2.24, 2.45) is 0 Å². The number of benzene rings is 1. The van der Waals surface area contributed by atoms with Gasteiger partial charge in [0.2, 0.25) is 5.95 Å². The molecule has 0 aliphatic carbocycles. The van der Waals surface area contributed by atoms with E-state index in [9.17, 15) is 19.2 Å². The van der Waals surface area contributed by atoms with Gasteiger partial charge in [-0.3, -0.25) is 14.6 Å². The van der Waals surface area contributed by atoms with Crippen LogP contribution in [0.4, 0.5) is 23.1 Å². The van der Waals surface area contributed by atoms with Crippen molar-refractivity contribution in [3.8, 4) is 0 Å². The van der Waals surface area contributed by atoms with E-state index in [0.717, 1.165) is 5.69 Å². The predicted molar refractivity (Wildman–Crippen MR) is 117 cm³/mol. The molecule has 0 spiro atoms. The molecule has 3 rings (SSSR count). The lowest BCUT2D eigenvalue weighted by molar-refractivity contribution is -0.110. The third-order valence-electron chi connectivity index (χ3n) is 5.08. The van der Waals surface area contributed by atoms with E-state index in [-0.39, 0.29) is 36.3 Å². The predicted octanol–water partition coefficient (Wildman–Crippen LogP) is -0.0291. The molecule has 31 heavy (non-hydrogen) atoms. The van der Waals surface area contributed by atoms with E-state index in [2.05, 4.69) is 25.9 Å². The second-order valence-corrected chi connectivity index (χ2v) is 7.21. The van der Waals surface area contributed by atoms with Crippen LogP contribution in [-0.2, 0) is 9.59 Å². The molecule has 6 N–H and O–H groups in total. The van der Waals surface area contributed by atoms with Gasteiger partial charge in [0.15, 0.2) is 5.82 Å². The number of rotatable bonds is 9. The summed E-state index contributed by atoms with van der Waals surface area (Å²) in [6.45, 7) is 1.11. The Hall–Kier alpha value is -3.89. The SMILES string of the molecule is CN1c2c(nc(N)[nH]c2=O)NC[C@@H]1CNc1ccc(C(=O)NC(C=O)CCC=O)cc1. The van der Waals surface area contributed by atoms with E-state index >= 15 is 0 Å². The molecular weight excluding hydrogens is 402 g/mol. The number of likely N-dealkylation sites (N-methyl/N-ethyl adjacent to an activating group) is 1. The van der Waals surface area contributed by atoms with Crippen LogP contribution >= 0.6 is 0 Å². The summed E-state index contributed by atoms with van der Waals surface area (Å²) in [6, 6.07) is 6.10. The van der Waals surface area contributed by atoms with Crippen molar-refractivity contribution in [2.75, 3.05) is 41.4 Å². The van der Waals surface area contributed by atoms with Crippen molar-refractivity contribution < 1.29 is 14.4 Å². The molecule has 2 heterocycles. The quantitative estimate of drug-likeness (QED) is 0.346. The molecule has 0 bridgehead atoms. The second-order valence-electron chi connectivity index (χ2n) is 7.21. The number of aldehydes is 2. The minimum Gasteiger partial charge on any atom is -0.383 e. The molecule has 1 aromatic carbocycles. The summed E-state index contributed by atoms with van der Waals surface area (Å²) in [6.07, 6.45) is 1.81. The van der Waals surface area contributed by atoms with Crippen LogP contribution in [0.25, 0.3) is 0 Å². The highest BCUT2D eigenvalue weighted by Gasteiger charge is 2.27. The van der Waals surface area contributed by atoms with E-state index in [1.165, 1.54) is 0 Å². The fourth-order valence-corrected chi connectivity index (χ4v) is 3.33. The zero-order valence-corrected chi connectivity index (χ0v) is 17.1. The molecule has 0 saturated heterocycles. The number of anilines is 4. The highest BCUT2D eigenvalue weighted by Crippen LogP contribution is 2.25. The molecule has 0 fully saturated rings. The van der Waals surface area contributed by atoms with Crippen LogP contribution in [0, 0.1) is 0 Å². The van der Waals surface area contributed by atoms with Gasteiger partial charge in [0.1, 0.15) is 18.3 Å². The van der Waals surface area contributed by atoms with Crippen molar-refractivity contribution in [1.82, 2.24) is 15.3 Å². The van der Waals surface area contributed by atoms with Gasteiger partial charge < -0.3 is 36.2 Å². The highest BCUT2D eigenvalue weighted by atomic mass is 16.2.